The number of hydrogen-bond donors (Lipinski definition) is 2. The molecule has 2 N–H and O–H groups in total. The van der Waals surface area contributed by atoms with Gasteiger partial charge in [-0.05, 0) is 42.1 Å². The minimum atomic E-state index is -0.464. The van der Waals surface area contributed by atoms with E-state index in [9.17, 15) is 9.59 Å². The van der Waals surface area contributed by atoms with Crippen molar-refractivity contribution < 1.29 is 9.59 Å². The summed E-state index contributed by atoms with van der Waals surface area (Å²) >= 11 is 7.47. The molecule has 8 heteroatoms. The van der Waals surface area contributed by atoms with E-state index in [0.29, 0.717) is 34.8 Å². The number of rotatable bonds is 3. The summed E-state index contributed by atoms with van der Waals surface area (Å²) in [4.78, 5) is 34.2. The maximum absolute atomic E-state index is 12.4. The zero-order valence-electron chi connectivity index (χ0n) is 14.1. The molecule has 0 bridgehead atoms. The Bertz CT molecular complexity index is 989. The van der Waals surface area contributed by atoms with Crippen molar-refractivity contribution in [3.63, 3.8) is 0 Å². The zero-order chi connectivity index (χ0) is 18.8. The van der Waals surface area contributed by atoms with Gasteiger partial charge in [-0.1, -0.05) is 17.7 Å². The normalized spacial score (nSPS) is 15.9. The molecule has 4 rings (SSSR count). The molecule has 0 spiro atoms. The molecule has 0 aliphatic heterocycles. The highest BCUT2D eigenvalue weighted by Crippen LogP contribution is 2.34. The highest BCUT2D eigenvalue weighted by atomic mass is 35.5. The number of Topliss-reactive ketones (excluding diaryl/α,β-unsaturated/α-hetero) is 1. The summed E-state index contributed by atoms with van der Waals surface area (Å²) in [5.74, 6) is 0.322. The van der Waals surface area contributed by atoms with Gasteiger partial charge in [0.15, 0.2) is 5.78 Å². The molecule has 2 aromatic heterocycles. The maximum Gasteiger partial charge on any atom is 0.326 e. The highest BCUT2D eigenvalue weighted by Gasteiger charge is 2.28. The monoisotopic (exact) mass is 398 g/mol. The van der Waals surface area contributed by atoms with Crippen LogP contribution >= 0.6 is 22.9 Å². The minimum absolute atomic E-state index is 0.0341. The number of fused-ring (bicyclic) bond motifs is 1. The minimum Gasteiger partial charge on any atom is -0.308 e. The van der Waals surface area contributed by atoms with Gasteiger partial charge in [-0.25, -0.2) is 14.8 Å². The van der Waals surface area contributed by atoms with Gasteiger partial charge in [0.2, 0.25) is 5.95 Å². The smallest absolute Gasteiger partial charge is 0.308 e. The summed E-state index contributed by atoms with van der Waals surface area (Å²) in [6.07, 6.45) is 2.60. The molecule has 6 nitrogen and oxygen atoms in total. The van der Waals surface area contributed by atoms with Gasteiger partial charge >= 0.3 is 6.03 Å². The first-order valence-electron chi connectivity index (χ1n) is 8.34. The first-order chi connectivity index (χ1) is 13.1. The summed E-state index contributed by atoms with van der Waals surface area (Å²) in [5, 5.41) is 7.88. The summed E-state index contributed by atoms with van der Waals surface area (Å²) in [7, 11) is 0. The molecule has 2 amide bonds. The predicted octanol–water partition coefficient (Wildman–Crippen LogP) is 4.75. The van der Waals surface area contributed by atoms with Crippen molar-refractivity contribution in [2.75, 3.05) is 10.6 Å². The number of aromatic nitrogens is 2. The van der Waals surface area contributed by atoms with Gasteiger partial charge in [0, 0.05) is 34.1 Å². The third kappa shape index (κ3) is 3.99. The molecule has 1 aromatic carbocycles. The molecule has 27 heavy (non-hydrogen) atoms. The number of amides is 2. The van der Waals surface area contributed by atoms with Crippen LogP contribution in [0.25, 0.3) is 0 Å². The molecule has 3 aromatic rings. The van der Waals surface area contributed by atoms with E-state index in [-0.39, 0.29) is 17.6 Å². The maximum atomic E-state index is 12.4. The lowest BCUT2D eigenvalue weighted by atomic mass is 9.86. The Morgan fingerprint density at radius 2 is 1.96 bits per heavy atom. The largest absolute Gasteiger partial charge is 0.326 e. The van der Waals surface area contributed by atoms with Gasteiger partial charge in [0.25, 0.3) is 0 Å². The Labute approximate surface area is 164 Å². The van der Waals surface area contributed by atoms with Crippen LogP contribution in [0, 0.1) is 0 Å². The number of hydrogen-bond acceptors (Lipinski definition) is 5. The number of carbonyl (C=O) groups is 2. The van der Waals surface area contributed by atoms with Crippen molar-refractivity contribution in [2.45, 2.75) is 18.8 Å². The highest BCUT2D eigenvalue weighted by molar-refractivity contribution is 7.10. The average molecular weight is 399 g/mol. The Morgan fingerprint density at radius 1 is 1.15 bits per heavy atom. The van der Waals surface area contributed by atoms with E-state index >= 15 is 0 Å². The molecule has 0 saturated carbocycles. The summed E-state index contributed by atoms with van der Waals surface area (Å²) in [6.45, 7) is 0. The molecule has 0 fully saturated rings. The van der Waals surface area contributed by atoms with Gasteiger partial charge in [-0.15, -0.1) is 11.3 Å². The number of halogens is 1. The number of urea groups is 1. The van der Waals surface area contributed by atoms with Crippen molar-refractivity contribution in [3.8, 4) is 0 Å². The van der Waals surface area contributed by atoms with E-state index in [1.165, 1.54) is 11.1 Å². The molecule has 0 unspecified atom stereocenters. The fraction of sp³-hybridized carbons (Fsp3) is 0.158. The van der Waals surface area contributed by atoms with Crippen LogP contribution in [0.1, 0.15) is 33.3 Å². The second-order valence-corrected chi connectivity index (χ2v) is 7.60. The molecule has 0 saturated heterocycles. The summed E-state index contributed by atoms with van der Waals surface area (Å²) < 4.78 is 0. The lowest BCUT2D eigenvalue weighted by molar-refractivity contribution is 0.0963. The topological polar surface area (TPSA) is 84.0 Å². The van der Waals surface area contributed by atoms with Crippen molar-refractivity contribution in [3.05, 3.63) is 69.1 Å². The van der Waals surface area contributed by atoms with E-state index in [2.05, 4.69) is 20.6 Å². The number of nitrogens with one attached hydrogen (secondary N) is 2. The van der Waals surface area contributed by atoms with E-state index < -0.39 is 6.03 Å². The Kier molecular flexibility index (Phi) is 4.87. The number of anilines is 2. The van der Waals surface area contributed by atoms with Crippen LogP contribution < -0.4 is 10.6 Å². The van der Waals surface area contributed by atoms with Crippen LogP contribution in [-0.4, -0.2) is 21.8 Å². The Balaban J connectivity index is 1.49. The molecule has 2 heterocycles. The third-order valence-corrected chi connectivity index (χ3v) is 5.60. The lowest BCUT2D eigenvalue weighted by Gasteiger charge is -2.22. The quantitative estimate of drug-likeness (QED) is 0.666. The third-order valence-electron chi connectivity index (χ3n) is 4.31. The Hall–Kier alpha value is -2.77. The van der Waals surface area contributed by atoms with Crippen molar-refractivity contribution in [1.82, 2.24) is 9.97 Å². The molecule has 0 radical (unpaired) electrons. The van der Waals surface area contributed by atoms with Crippen LogP contribution in [0.2, 0.25) is 5.02 Å². The van der Waals surface area contributed by atoms with Gasteiger partial charge in [-0.3, -0.25) is 10.1 Å². The summed E-state index contributed by atoms with van der Waals surface area (Å²) in [6, 6.07) is 10.3. The molecule has 1 aliphatic rings. The van der Waals surface area contributed by atoms with Gasteiger partial charge < -0.3 is 5.32 Å². The zero-order valence-corrected chi connectivity index (χ0v) is 15.7. The predicted molar refractivity (Wildman–Crippen MR) is 106 cm³/mol. The first kappa shape index (κ1) is 17.6. The fourth-order valence-electron chi connectivity index (χ4n) is 3.03. The number of thiophene rings is 1. The van der Waals surface area contributed by atoms with Crippen molar-refractivity contribution in [2.24, 2.45) is 0 Å². The molecular weight excluding hydrogens is 384 g/mol. The molecule has 1 aliphatic carbocycles. The van der Waals surface area contributed by atoms with Crippen LogP contribution in [0.5, 0.6) is 0 Å². The molecule has 136 valence electrons. The van der Waals surface area contributed by atoms with Crippen molar-refractivity contribution >= 4 is 46.4 Å². The van der Waals surface area contributed by atoms with Crippen molar-refractivity contribution in [1.29, 1.82) is 0 Å². The van der Waals surface area contributed by atoms with Crippen LogP contribution in [0.3, 0.4) is 0 Å². The lowest BCUT2D eigenvalue weighted by Crippen LogP contribution is -2.24. The number of nitrogens with zero attached hydrogens (tertiary/aromatic N) is 2. The fourth-order valence-corrected chi connectivity index (χ4v) is 3.98. The SMILES string of the molecule is O=C(Nc1ccc(Cl)cc1)Nc1ncc2c(n1)C[C@H](c1cccs1)CC2=O. The van der Waals surface area contributed by atoms with Gasteiger partial charge in [-0.2, -0.15) is 0 Å². The van der Waals surface area contributed by atoms with E-state index in [1.54, 1.807) is 35.6 Å². The number of ketones is 1. The number of carbonyl (C=O) groups excluding carboxylic acids is 2. The van der Waals surface area contributed by atoms with E-state index in [4.69, 9.17) is 11.6 Å². The molecular formula is C19H15ClN4O2S. The second-order valence-electron chi connectivity index (χ2n) is 6.18. The second kappa shape index (κ2) is 7.46. The van der Waals surface area contributed by atoms with E-state index in [1.807, 2.05) is 17.5 Å². The molecule has 1 atom stereocenters. The van der Waals surface area contributed by atoms with Crippen LogP contribution in [0.4, 0.5) is 16.4 Å². The van der Waals surface area contributed by atoms with Crippen LogP contribution in [0.15, 0.2) is 48.0 Å². The number of benzene rings is 1. The van der Waals surface area contributed by atoms with Gasteiger partial charge in [0.1, 0.15) is 0 Å². The first-order valence-corrected chi connectivity index (χ1v) is 9.60. The van der Waals surface area contributed by atoms with Crippen LogP contribution in [-0.2, 0) is 6.42 Å². The van der Waals surface area contributed by atoms with Gasteiger partial charge in [0.05, 0.1) is 11.3 Å². The average Bonchev–Trinajstić information content (AvgIpc) is 3.18. The summed E-state index contributed by atoms with van der Waals surface area (Å²) in [5.41, 5.74) is 1.80. The van der Waals surface area contributed by atoms with E-state index in [0.717, 1.165) is 0 Å². The Morgan fingerprint density at radius 3 is 2.70 bits per heavy atom. The standard InChI is InChI=1S/C19H15ClN4O2S/c20-12-3-5-13(6-4-12)22-19(26)24-18-21-10-14-15(23-18)8-11(9-16(14)25)17-2-1-7-27-17/h1-7,10-11H,8-9H2,(H2,21,22,23,24,26)/t11-/m0/s1.